The molecular weight excluding hydrogens is 312 g/mol. The predicted molar refractivity (Wildman–Crippen MR) is 86.6 cm³/mol. The Balaban J connectivity index is 1.57. The lowest BCUT2D eigenvalue weighted by molar-refractivity contribution is -0.136. The van der Waals surface area contributed by atoms with Gasteiger partial charge in [0.1, 0.15) is 18.8 Å². The van der Waals surface area contributed by atoms with Gasteiger partial charge in [0.25, 0.3) is 5.91 Å². The number of benzene rings is 1. The molecule has 0 bridgehead atoms. The van der Waals surface area contributed by atoms with E-state index in [0.717, 1.165) is 10.6 Å². The number of anilines is 1. The van der Waals surface area contributed by atoms with Crippen LogP contribution in [0, 0.1) is 0 Å². The number of para-hydroxylation sites is 2. The second-order valence-electron chi connectivity index (χ2n) is 5.98. The van der Waals surface area contributed by atoms with Crippen LogP contribution in [0.3, 0.4) is 0 Å². The van der Waals surface area contributed by atoms with Gasteiger partial charge < -0.3 is 19.8 Å². The van der Waals surface area contributed by atoms with Gasteiger partial charge in [-0.05, 0) is 12.1 Å². The number of amides is 4. The summed E-state index contributed by atoms with van der Waals surface area (Å²) in [7, 11) is 1.54. The van der Waals surface area contributed by atoms with Crippen molar-refractivity contribution >= 4 is 23.5 Å². The van der Waals surface area contributed by atoms with Gasteiger partial charge in [-0.3, -0.25) is 14.5 Å². The zero-order valence-corrected chi connectivity index (χ0v) is 13.5. The lowest BCUT2D eigenvalue weighted by atomic mass is 10.2. The largest absolute Gasteiger partial charge is 0.506 e. The fourth-order valence-corrected chi connectivity index (χ4v) is 2.99. The van der Waals surface area contributed by atoms with Gasteiger partial charge in [0, 0.05) is 33.2 Å². The average molecular weight is 332 g/mol. The molecule has 2 aliphatic rings. The smallest absolute Gasteiger partial charge is 0.327 e. The highest BCUT2D eigenvalue weighted by Crippen LogP contribution is 2.27. The Morgan fingerprint density at radius 3 is 2.38 bits per heavy atom. The van der Waals surface area contributed by atoms with E-state index in [1.165, 1.54) is 11.9 Å². The normalized spacial score (nSPS) is 18.5. The molecule has 0 radical (unpaired) electrons. The number of aromatic hydroxyl groups is 1. The van der Waals surface area contributed by atoms with Gasteiger partial charge >= 0.3 is 6.03 Å². The summed E-state index contributed by atoms with van der Waals surface area (Å²) in [5.41, 5.74) is 0.746. The van der Waals surface area contributed by atoms with Crippen LogP contribution in [0.25, 0.3) is 0 Å². The van der Waals surface area contributed by atoms with E-state index in [1.54, 1.807) is 17.0 Å². The highest BCUT2D eigenvalue weighted by Gasteiger charge is 2.36. The topological polar surface area (TPSA) is 84.4 Å². The molecule has 24 heavy (non-hydrogen) atoms. The molecule has 1 aromatic rings. The molecule has 3 rings (SSSR count). The molecule has 2 heterocycles. The summed E-state index contributed by atoms with van der Waals surface area (Å²) in [4.78, 5) is 41.9. The van der Waals surface area contributed by atoms with Crippen LogP contribution in [-0.2, 0) is 9.59 Å². The summed E-state index contributed by atoms with van der Waals surface area (Å²) in [5, 5.41) is 9.90. The second-order valence-corrected chi connectivity index (χ2v) is 5.98. The van der Waals surface area contributed by atoms with Gasteiger partial charge in [-0.25, -0.2) is 4.79 Å². The van der Waals surface area contributed by atoms with Crippen molar-refractivity contribution < 1.29 is 19.5 Å². The van der Waals surface area contributed by atoms with Gasteiger partial charge in [0.2, 0.25) is 5.91 Å². The molecule has 0 unspecified atom stereocenters. The van der Waals surface area contributed by atoms with Crippen molar-refractivity contribution in [3.63, 3.8) is 0 Å². The van der Waals surface area contributed by atoms with Gasteiger partial charge in [-0.1, -0.05) is 12.1 Å². The standard InChI is InChI=1S/C16H20N4O4/c1-17-10-15(23)20(16(17)24)11-14(22)19-8-6-18(7-9-19)12-4-2-3-5-13(12)21/h2-5,21H,6-11H2,1H3. The molecule has 8 heteroatoms. The maximum Gasteiger partial charge on any atom is 0.327 e. The number of carbonyl (C=O) groups is 3. The van der Waals surface area contributed by atoms with Gasteiger partial charge in [0.15, 0.2) is 0 Å². The number of piperazine rings is 1. The quantitative estimate of drug-likeness (QED) is 0.784. The zero-order valence-electron chi connectivity index (χ0n) is 13.5. The highest BCUT2D eigenvalue weighted by molar-refractivity contribution is 6.04. The third-order valence-electron chi connectivity index (χ3n) is 4.38. The Morgan fingerprint density at radius 1 is 1.12 bits per heavy atom. The molecule has 2 aliphatic heterocycles. The van der Waals surface area contributed by atoms with Crippen LogP contribution in [0.1, 0.15) is 0 Å². The molecule has 1 aromatic carbocycles. The number of hydrogen-bond acceptors (Lipinski definition) is 5. The van der Waals surface area contributed by atoms with Crippen molar-refractivity contribution in [1.82, 2.24) is 14.7 Å². The number of hydrogen-bond donors (Lipinski definition) is 1. The fraction of sp³-hybridized carbons (Fsp3) is 0.438. The number of carbonyl (C=O) groups excluding carboxylic acids is 3. The van der Waals surface area contributed by atoms with Crippen LogP contribution in [-0.4, -0.2) is 84.0 Å². The van der Waals surface area contributed by atoms with E-state index in [1.807, 2.05) is 17.0 Å². The van der Waals surface area contributed by atoms with Crippen molar-refractivity contribution in [3.8, 4) is 5.75 Å². The van der Waals surface area contributed by atoms with E-state index in [4.69, 9.17) is 0 Å². The minimum absolute atomic E-state index is 0.0210. The van der Waals surface area contributed by atoms with Crippen molar-refractivity contribution in [2.75, 3.05) is 51.2 Å². The average Bonchev–Trinajstić information content (AvgIpc) is 2.82. The number of nitrogens with zero attached hydrogens (tertiary/aromatic N) is 4. The number of phenolic OH excluding ortho intramolecular Hbond substituents is 1. The molecule has 128 valence electrons. The van der Waals surface area contributed by atoms with Crippen molar-refractivity contribution in [3.05, 3.63) is 24.3 Å². The Kier molecular flexibility index (Phi) is 4.28. The number of rotatable bonds is 3. The third kappa shape index (κ3) is 2.99. The predicted octanol–water partition coefficient (Wildman–Crippen LogP) is -0.0652. The highest BCUT2D eigenvalue weighted by atomic mass is 16.3. The van der Waals surface area contributed by atoms with E-state index >= 15 is 0 Å². The van der Waals surface area contributed by atoms with Crippen LogP contribution in [0.15, 0.2) is 24.3 Å². The lowest BCUT2D eigenvalue weighted by Gasteiger charge is -2.36. The summed E-state index contributed by atoms with van der Waals surface area (Å²) in [6, 6.07) is 6.66. The molecule has 0 aromatic heterocycles. The lowest BCUT2D eigenvalue weighted by Crippen LogP contribution is -2.52. The number of urea groups is 1. The molecule has 4 amide bonds. The second kappa shape index (κ2) is 6.38. The summed E-state index contributed by atoms with van der Waals surface area (Å²) in [6.45, 7) is 1.96. The van der Waals surface area contributed by atoms with Gasteiger partial charge in [-0.15, -0.1) is 0 Å². The molecule has 0 spiro atoms. The van der Waals surface area contributed by atoms with E-state index in [9.17, 15) is 19.5 Å². The molecular formula is C16H20N4O4. The van der Waals surface area contributed by atoms with Crippen molar-refractivity contribution in [2.24, 2.45) is 0 Å². The maximum atomic E-state index is 12.4. The zero-order chi connectivity index (χ0) is 17.3. The van der Waals surface area contributed by atoms with E-state index < -0.39 is 6.03 Å². The number of phenols is 1. The first-order chi connectivity index (χ1) is 11.5. The van der Waals surface area contributed by atoms with E-state index in [2.05, 4.69) is 0 Å². The molecule has 2 fully saturated rings. The molecule has 0 saturated carbocycles. The van der Waals surface area contributed by atoms with Crippen molar-refractivity contribution in [1.29, 1.82) is 0 Å². The first-order valence-electron chi connectivity index (χ1n) is 7.83. The van der Waals surface area contributed by atoms with Crippen molar-refractivity contribution in [2.45, 2.75) is 0 Å². The third-order valence-corrected chi connectivity index (χ3v) is 4.38. The fourth-order valence-electron chi connectivity index (χ4n) is 2.99. The molecule has 2 saturated heterocycles. The minimum Gasteiger partial charge on any atom is -0.506 e. The van der Waals surface area contributed by atoms with Crippen LogP contribution in [0.5, 0.6) is 5.75 Å². The molecule has 1 N–H and O–H groups in total. The van der Waals surface area contributed by atoms with Crippen LogP contribution >= 0.6 is 0 Å². The van der Waals surface area contributed by atoms with E-state index in [0.29, 0.717) is 26.2 Å². The summed E-state index contributed by atoms with van der Waals surface area (Å²) in [5.74, 6) is -0.360. The number of imide groups is 1. The Bertz CT molecular complexity index is 670. The Labute approximate surface area is 139 Å². The maximum absolute atomic E-state index is 12.4. The van der Waals surface area contributed by atoms with Crippen LogP contribution < -0.4 is 4.90 Å². The Morgan fingerprint density at radius 2 is 1.79 bits per heavy atom. The number of likely N-dealkylation sites (N-methyl/N-ethyl adjacent to an activating group) is 1. The van der Waals surface area contributed by atoms with Gasteiger partial charge in [0.05, 0.1) is 5.69 Å². The molecule has 0 aliphatic carbocycles. The van der Waals surface area contributed by atoms with Gasteiger partial charge in [-0.2, -0.15) is 0 Å². The first-order valence-corrected chi connectivity index (χ1v) is 7.83. The monoisotopic (exact) mass is 332 g/mol. The molecule has 0 atom stereocenters. The van der Waals surface area contributed by atoms with Crippen LogP contribution in [0.4, 0.5) is 10.5 Å². The summed E-state index contributed by atoms with van der Waals surface area (Å²) < 4.78 is 0. The summed E-state index contributed by atoms with van der Waals surface area (Å²) in [6.07, 6.45) is 0. The minimum atomic E-state index is -0.429. The first kappa shape index (κ1) is 16.1. The Hall–Kier alpha value is -2.77. The SMILES string of the molecule is CN1CC(=O)N(CC(=O)N2CCN(c3ccccc3O)CC2)C1=O. The van der Waals surface area contributed by atoms with Crippen LogP contribution in [0.2, 0.25) is 0 Å². The van der Waals surface area contributed by atoms with E-state index in [-0.39, 0.29) is 30.7 Å². The molecule has 8 nitrogen and oxygen atoms in total. The summed E-state index contributed by atoms with van der Waals surface area (Å²) >= 11 is 0.